The van der Waals surface area contributed by atoms with Crippen LogP contribution < -0.4 is 5.32 Å². The van der Waals surface area contributed by atoms with Crippen LogP contribution in [-0.2, 0) is 9.47 Å². The van der Waals surface area contributed by atoms with Gasteiger partial charge in [0.1, 0.15) is 0 Å². The van der Waals surface area contributed by atoms with Crippen LogP contribution in [0.3, 0.4) is 0 Å². The summed E-state index contributed by atoms with van der Waals surface area (Å²) in [4.78, 5) is 0. The third kappa shape index (κ3) is 44.6. The van der Waals surface area contributed by atoms with Crippen molar-refractivity contribution in [3.05, 3.63) is 0 Å². The van der Waals surface area contributed by atoms with Crippen LogP contribution in [0.15, 0.2) is 0 Å². The Hall–Kier alpha value is -0.120. The van der Waals surface area contributed by atoms with Gasteiger partial charge in [-0.25, -0.2) is 0 Å². The minimum atomic E-state index is 0. The second kappa shape index (κ2) is 25.7. The molecule has 0 amide bonds. The molecule has 0 fully saturated rings. The number of hydrogen-bond acceptors (Lipinski definition) is 3. The van der Waals surface area contributed by atoms with E-state index in [0.29, 0.717) is 19.9 Å². The van der Waals surface area contributed by atoms with Gasteiger partial charge in [-0.2, -0.15) is 0 Å². The van der Waals surface area contributed by atoms with Gasteiger partial charge in [0, 0.05) is 12.1 Å². The molecule has 0 aromatic carbocycles. The molecule has 0 unspecified atom stereocenters. The van der Waals surface area contributed by atoms with Gasteiger partial charge in [-0.15, -0.1) is 0 Å². The zero-order chi connectivity index (χ0) is 9.45. The van der Waals surface area contributed by atoms with Crippen molar-refractivity contribution in [3.63, 3.8) is 0 Å². The average molecular weight is 272 g/mol. The summed E-state index contributed by atoms with van der Waals surface area (Å²) in [6, 6.07) is 0. The van der Waals surface area contributed by atoms with Crippen molar-refractivity contribution in [1.29, 1.82) is 0 Å². The second-order valence-corrected chi connectivity index (χ2v) is 3.68. The molecule has 0 spiro atoms. The van der Waals surface area contributed by atoms with E-state index in [2.05, 4.69) is 26.1 Å². The lowest BCUT2D eigenvalue weighted by Gasteiger charge is -2.20. The molecule has 0 saturated carbocycles. The summed E-state index contributed by atoms with van der Waals surface area (Å²) in [7, 11) is 0. The Balaban J connectivity index is -0.0000000403. The second-order valence-electron chi connectivity index (χ2n) is 3.68. The van der Waals surface area contributed by atoms with Gasteiger partial charge < -0.3 is 9.47 Å². The maximum atomic E-state index is 5.28. The first-order valence-electron chi connectivity index (χ1n) is 4.47. The first-order valence-corrected chi connectivity index (χ1v) is 4.47. The summed E-state index contributed by atoms with van der Waals surface area (Å²) in [5, 5.41) is 3.22. The average Bonchev–Trinajstić information content (AvgIpc) is 1.94. The Morgan fingerprint density at radius 2 is 1.17 bits per heavy atom. The molecule has 3 nitrogen and oxygen atoms in total. The highest BCUT2D eigenvalue weighted by atomic mass is 16.5. The van der Waals surface area contributed by atoms with Crippen LogP contribution in [0.2, 0.25) is 0 Å². The number of rotatable bonds is 6. The first kappa shape index (κ1) is 43.0. The summed E-state index contributed by atoms with van der Waals surface area (Å²) < 4.78 is 10.4. The molecule has 0 atom stereocenters. The number of ether oxygens (including phenoxy) is 2. The molecule has 0 radical (unpaired) electrons. The van der Waals surface area contributed by atoms with Gasteiger partial charge in [0.15, 0.2) is 0 Å². The van der Waals surface area contributed by atoms with Crippen LogP contribution in [0, 0.1) is 0 Å². The van der Waals surface area contributed by atoms with E-state index < -0.39 is 0 Å². The molecule has 0 aliphatic heterocycles. The Morgan fingerprint density at radius 1 is 0.778 bits per heavy atom. The summed E-state index contributed by atoms with van der Waals surface area (Å²) in [6.07, 6.45) is 0. The fraction of sp³-hybridized carbons (Fsp3) is 1.00. The summed E-state index contributed by atoms with van der Waals surface area (Å²) >= 11 is 0. The van der Waals surface area contributed by atoms with E-state index in [1.165, 1.54) is 0 Å². The summed E-state index contributed by atoms with van der Waals surface area (Å²) in [5.41, 5.74) is 0.131. The molecule has 0 bridgehead atoms. The van der Waals surface area contributed by atoms with Crippen molar-refractivity contribution in [2.75, 3.05) is 26.6 Å². The third-order valence-corrected chi connectivity index (χ3v) is 1.28. The predicted octanol–water partition coefficient (Wildman–Crippen LogP) is 5.20. The molecule has 122 valence electrons. The minimum absolute atomic E-state index is 0. The Morgan fingerprint density at radius 3 is 1.50 bits per heavy atom. The van der Waals surface area contributed by atoms with Crippen molar-refractivity contribution in [3.8, 4) is 0 Å². The van der Waals surface area contributed by atoms with E-state index in [4.69, 9.17) is 9.47 Å². The van der Waals surface area contributed by atoms with Crippen molar-refractivity contribution in [2.24, 2.45) is 0 Å². The lowest BCUT2D eigenvalue weighted by molar-refractivity contribution is 0.0376. The standard InChI is InChI=1S/C9H21NO2.6CH4/c1-5-11-6-7-12-8-10-9(2,3)4;;;;;;/h10H,5-8H2,1-4H3;6*1H4. The maximum absolute atomic E-state index is 5.28. The van der Waals surface area contributed by atoms with Crippen LogP contribution in [0.1, 0.15) is 72.3 Å². The maximum Gasteiger partial charge on any atom is 0.0970 e. The van der Waals surface area contributed by atoms with E-state index in [9.17, 15) is 0 Å². The SMILES string of the molecule is C.C.C.C.C.C.CCOCCOCNC(C)(C)C. The lowest BCUT2D eigenvalue weighted by atomic mass is 10.1. The monoisotopic (exact) mass is 271 g/mol. The predicted molar refractivity (Wildman–Crippen MR) is 90.6 cm³/mol. The molecule has 0 heterocycles. The van der Waals surface area contributed by atoms with Gasteiger partial charge in [-0.1, -0.05) is 44.6 Å². The number of hydrogen-bond donors (Lipinski definition) is 1. The molecular formula is C15H45NO2. The fourth-order valence-corrected chi connectivity index (χ4v) is 0.602. The quantitative estimate of drug-likeness (QED) is 0.532. The normalized spacial score (nSPS) is 8.00. The highest BCUT2D eigenvalue weighted by Gasteiger charge is 2.06. The van der Waals surface area contributed by atoms with Gasteiger partial charge >= 0.3 is 0 Å². The van der Waals surface area contributed by atoms with Gasteiger partial charge in [-0.3, -0.25) is 5.32 Å². The molecule has 1 N–H and O–H groups in total. The minimum Gasteiger partial charge on any atom is -0.379 e. The van der Waals surface area contributed by atoms with E-state index in [-0.39, 0.29) is 50.1 Å². The molecule has 3 heteroatoms. The van der Waals surface area contributed by atoms with Gasteiger partial charge in [0.2, 0.25) is 0 Å². The van der Waals surface area contributed by atoms with Gasteiger partial charge in [0.05, 0.1) is 19.9 Å². The van der Waals surface area contributed by atoms with Crippen LogP contribution in [-0.4, -0.2) is 32.1 Å². The summed E-state index contributed by atoms with van der Waals surface area (Å²) in [6.45, 7) is 11.0. The molecule has 0 saturated heterocycles. The molecule has 0 aromatic rings. The molecular weight excluding hydrogens is 226 g/mol. The van der Waals surface area contributed by atoms with Crippen molar-refractivity contribution < 1.29 is 9.47 Å². The van der Waals surface area contributed by atoms with Crippen LogP contribution in [0.5, 0.6) is 0 Å². The zero-order valence-corrected chi connectivity index (χ0v) is 8.64. The van der Waals surface area contributed by atoms with Crippen molar-refractivity contribution in [2.45, 2.75) is 77.8 Å². The Kier molecular flexibility index (Phi) is 61.4. The van der Waals surface area contributed by atoms with E-state index in [0.717, 1.165) is 6.61 Å². The fourth-order valence-electron chi connectivity index (χ4n) is 0.602. The highest BCUT2D eigenvalue weighted by Crippen LogP contribution is 1.96. The van der Waals surface area contributed by atoms with Crippen molar-refractivity contribution in [1.82, 2.24) is 5.32 Å². The largest absolute Gasteiger partial charge is 0.379 e. The van der Waals surface area contributed by atoms with Crippen molar-refractivity contribution >= 4 is 0 Å². The van der Waals surface area contributed by atoms with Gasteiger partial charge in [-0.05, 0) is 27.7 Å². The lowest BCUT2D eigenvalue weighted by Crippen LogP contribution is -2.37. The smallest absolute Gasteiger partial charge is 0.0970 e. The molecule has 0 aliphatic rings. The van der Waals surface area contributed by atoms with E-state index in [1.54, 1.807) is 0 Å². The van der Waals surface area contributed by atoms with Crippen LogP contribution in [0.4, 0.5) is 0 Å². The number of nitrogens with one attached hydrogen (secondary N) is 1. The molecule has 0 rings (SSSR count). The zero-order valence-electron chi connectivity index (χ0n) is 8.64. The van der Waals surface area contributed by atoms with Crippen LogP contribution >= 0.6 is 0 Å². The third-order valence-electron chi connectivity index (χ3n) is 1.28. The Labute approximate surface area is 120 Å². The van der Waals surface area contributed by atoms with E-state index in [1.807, 2.05) is 6.92 Å². The highest BCUT2D eigenvalue weighted by molar-refractivity contribution is 4.67. The van der Waals surface area contributed by atoms with E-state index >= 15 is 0 Å². The first-order chi connectivity index (χ1) is 5.56. The Bertz CT molecular complexity index is 101. The van der Waals surface area contributed by atoms with Crippen LogP contribution in [0.25, 0.3) is 0 Å². The molecule has 0 aliphatic carbocycles. The topological polar surface area (TPSA) is 30.5 Å². The molecule has 18 heavy (non-hydrogen) atoms. The summed E-state index contributed by atoms with van der Waals surface area (Å²) in [5.74, 6) is 0. The molecule has 0 aromatic heterocycles. The van der Waals surface area contributed by atoms with Gasteiger partial charge in [0.25, 0.3) is 0 Å².